The Kier molecular flexibility index (Phi) is 3.66. The highest BCUT2D eigenvalue weighted by Gasteiger charge is 2.42. The standard InChI is InChI=1S/C13H18N6O3/c1-2-3-18-6-19(9-4-7(21)8(5-20)22-9)12-10(18)11(14)16-13(15)17-12/h7-9,20-21H,4-6H2,1H3,(H4,14,15,16,17)/t7?,8-,9-/m1/s1. The van der Waals surface area contributed by atoms with Gasteiger partial charge in [-0.2, -0.15) is 9.97 Å². The monoisotopic (exact) mass is 306 g/mol. The molecule has 0 amide bonds. The van der Waals surface area contributed by atoms with Crippen molar-refractivity contribution in [2.24, 2.45) is 0 Å². The van der Waals surface area contributed by atoms with E-state index in [9.17, 15) is 10.2 Å². The summed E-state index contributed by atoms with van der Waals surface area (Å²) in [5, 5.41) is 19.1. The third-order valence-corrected chi connectivity index (χ3v) is 3.72. The summed E-state index contributed by atoms with van der Waals surface area (Å²) < 4.78 is 5.68. The van der Waals surface area contributed by atoms with Crippen LogP contribution >= 0.6 is 0 Å². The van der Waals surface area contributed by atoms with Crippen LogP contribution in [0, 0.1) is 12.0 Å². The highest BCUT2D eigenvalue weighted by molar-refractivity contribution is 5.84. The van der Waals surface area contributed by atoms with Crippen LogP contribution in [-0.4, -0.2) is 51.9 Å². The zero-order valence-electron chi connectivity index (χ0n) is 12.1. The summed E-state index contributed by atoms with van der Waals surface area (Å²) in [6, 6.07) is 2.92. The average Bonchev–Trinajstić information content (AvgIpc) is 3.00. The number of hydrogen-bond donors (Lipinski definition) is 4. The predicted molar refractivity (Wildman–Crippen MR) is 80.5 cm³/mol. The summed E-state index contributed by atoms with van der Waals surface area (Å²) in [6.45, 7) is 1.84. The van der Waals surface area contributed by atoms with Crippen molar-refractivity contribution in [2.75, 3.05) is 34.5 Å². The number of ether oxygens (including phenoxy) is 1. The molecule has 1 saturated heterocycles. The maximum absolute atomic E-state index is 9.91. The Morgan fingerprint density at radius 3 is 2.82 bits per heavy atom. The number of fused-ring (bicyclic) bond motifs is 1. The van der Waals surface area contributed by atoms with Crippen LogP contribution in [0.25, 0.3) is 0 Å². The zero-order chi connectivity index (χ0) is 15.9. The lowest BCUT2D eigenvalue weighted by Crippen LogP contribution is -2.38. The molecule has 0 saturated carbocycles. The first-order valence-corrected chi connectivity index (χ1v) is 6.89. The molecule has 0 aromatic carbocycles. The van der Waals surface area contributed by atoms with Crippen molar-refractivity contribution < 1.29 is 14.9 Å². The Morgan fingerprint density at radius 1 is 1.41 bits per heavy atom. The fraction of sp³-hybridized carbons (Fsp3) is 0.538. The van der Waals surface area contributed by atoms with Gasteiger partial charge in [-0.25, -0.2) is 0 Å². The quantitative estimate of drug-likeness (QED) is 0.490. The number of hydrogen-bond acceptors (Lipinski definition) is 9. The number of aliphatic hydroxyl groups excluding tert-OH is 2. The van der Waals surface area contributed by atoms with Gasteiger partial charge in [-0.05, 0) is 6.92 Å². The molecule has 3 atom stereocenters. The molecule has 1 fully saturated rings. The fourth-order valence-corrected chi connectivity index (χ4v) is 2.75. The second-order valence-corrected chi connectivity index (χ2v) is 5.16. The van der Waals surface area contributed by atoms with E-state index in [1.54, 1.807) is 11.8 Å². The van der Waals surface area contributed by atoms with Crippen molar-refractivity contribution in [2.45, 2.75) is 31.8 Å². The van der Waals surface area contributed by atoms with E-state index in [-0.39, 0.29) is 18.4 Å². The first-order valence-electron chi connectivity index (χ1n) is 6.89. The van der Waals surface area contributed by atoms with Gasteiger partial charge in [0.05, 0.1) is 12.7 Å². The van der Waals surface area contributed by atoms with Crippen LogP contribution in [0.4, 0.5) is 23.3 Å². The van der Waals surface area contributed by atoms with Gasteiger partial charge in [0, 0.05) is 12.5 Å². The minimum atomic E-state index is -0.735. The molecule has 6 N–H and O–H groups in total. The van der Waals surface area contributed by atoms with E-state index < -0.39 is 18.4 Å². The molecule has 118 valence electrons. The first-order chi connectivity index (χ1) is 10.5. The molecule has 9 heteroatoms. The highest BCUT2D eigenvalue weighted by Crippen LogP contribution is 2.41. The normalized spacial score (nSPS) is 26.8. The highest BCUT2D eigenvalue weighted by atomic mass is 16.5. The molecule has 1 aromatic heterocycles. The van der Waals surface area contributed by atoms with E-state index in [0.29, 0.717) is 24.6 Å². The summed E-state index contributed by atoms with van der Waals surface area (Å²) in [5.41, 5.74) is 12.2. The Balaban J connectivity index is 1.97. The number of anilines is 4. The zero-order valence-corrected chi connectivity index (χ0v) is 12.1. The third kappa shape index (κ3) is 2.27. The van der Waals surface area contributed by atoms with E-state index in [2.05, 4.69) is 21.9 Å². The van der Waals surface area contributed by atoms with Gasteiger partial charge in [-0.3, -0.25) is 4.90 Å². The fourth-order valence-electron chi connectivity index (χ4n) is 2.75. The number of aliphatic hydroxyl groups is 2. The van der Waals surface area contributed by atoms with Crippen LogP contribution in [-0.2, 0) is 4.74 Å². The lowest BCUT2D eigenvalue weighted by molar-refractivity contribution is -0.0220. The minimum Gasteiger partial charge on any atom is -0.394 e. The van der Waals surface area contributed by atoms with Crippen LogP contribution in [0.3, 0.4) is 0 Å². The van der Waals surface area contributed by atoms with Gasteiger partial charge in [0.2, 0.25) is 5.95 Å². The maximum atomic E-state index is 9.91. The van der Waals surface area contributed by atoms with E-state index in [1.165, 1.54) is 0 Å². The van der Waals surface area contributed by atoms with Crippen LogP contribution < -0.4 is 21.3 Å². The molecule has 1 unspecified atom stereocenters. The van der Waals surface area contributed by atoms with Crippen LogP contribution in [0.5, 0.6) is 0 Å². The molecule has 2 aliphatic heterocycles. The van der Waals surface area contributed by atoms with Crippen LogP contribution in [0.1, 0.15) is 13.3 Å². The summed E-state index contributed by atoms with van der Waals surface area (Å²) in [6.07, 6.45) is -1.44. The predicted octanol–water partition coefficient (Wildman–Crippen LogP) is -1.33. The molecule has 0 bridgehead atoms. The largest absolute Gasteiger partial charge is 0.394 e. The van der Waals surface area contributed by atoms with E-state index in [4.69, 9.17) is 16.2 Å². The molecular formula is C13H18N6O3. The Bertz CT molecular complexity index is 643. The Labute approximate surface area is 127 Å². The maximum Gasteiger partial charge on any atom is 0.224 e. The van der Waals surface area contributed by atoms with Gasteiger partial charge in [-0.15, -0.1) is 0 Å². The molecule has 0 aliphatic carbocycles. The van der Waals surface area contributed by atoms with Crippen LogP contribution in [0.2, 0.25) is 0 Å². The van der Waals surface area contributed by atoms with Crippen molar-refractivity contribution in [3.8, 4) is 12.0 Å². The molecule has 22 heavy (non-hydrogen) atoms. The van der Waals surface area contributed by atoms with Gasteiger partial charge >= 0.3 is 0 Å². The smallest absolute Gasteiger partial charge is 0.224 e. The molecule has 2 aliphatic rings. The molecule has 3 rings (SSSR count). The Morgan fingerprint density at radius 2 is 2.18 bits per heavy atom. The lowest BCUT2D eigenvalue weighted by atomic mass is 10.2. The number of nitrogen functional groups attached to an aromatic ring is 2. The SMILES string of the molecule is CC#CN1CN([C@H]2CC(O)[C@@H](CO)O2)c2nc(N)nc(N)c21. The molecule has 3 heterocycles. The summed E-state index contributed by atoms with van der Waals surface area (Å²) >= 11 is 0. The van der Waals surface area contributed by atoms with E-state index in [1.807, 2.05) is 4.90 Å². The third-order valence-electron chi connectivity index (χ3n) is 3.72. The van der Waals surface area contributed by atoms with Crippen molar-refractivity contribution in [3.05, 3.63) is 0 Å². The lowest BCUT2D eigenvalue weighted by Gasteiger charge is -2.24. The van der Waals surface area contributed by atoms with Gasteiger partial charge in [0.15, 0.2) is 11.6 Å². The average molecular weight is 306 g/mol. The van der Waals surface area contributed by atoms with Gasteiger partial charge in [0.25, 0.3) is 0 Å². The summed E-state index contributed by atoms with van der Waals surface area (Å²) in [7, 11) is 0. The minimum absolute atomic E-state index is 0.0600. The summed E-state index contributed by atoms with van der Waals surface area (Å²) in [4.78, 5) is 11.7. The van der Waals surface area contributed by atoms with Gasteiger partial charge < -0.3 is 31.3 Å². The van der Waals surface area contributed by atoms with Crippen LogP contribution in [0.15, 0.2) is 0 Å². The van der Waals surface area contributed by atoms with Crippen molar-refractivity contribution in [1.29, 1.82) is 0 Å². The second kappa shape index (κ2) is 5.49. The molecule has 0 spiro atoms. The van der Waals surface area contributed by atoms with Crippen molar-refractivity contribution in [1.82, 2.24) is 9.97 Å². The summed E-state index contributed by atoms with van der Waals surface area (Å²) in [5.74, 6) is 3.63. The molecule has 9 nitrogen and oxygen atoms in total. The molecular weight excluding hydrogens is 288 g/mol. The second-order valence-electron chi connectivity index (χ2n) is 5.16. The Hall–Kier alpha value is -2.28. The van der Waals surface area contributed by atoms with Crippen molar-refractivity contribution >= 4 is 23.3 Å². The number of nitrogens with zero attached hydrogens (tertiary/aromatic N) is 4. The van der Waals surface area contributed by atoms with Crippen molar-refractivity contribution in [3.63, 3.8) is 0 Å². The first kappa shape index (κ1) is 14.6. The van der Waals surface area contributed by atoms with Gasteiger partial charge in [-0.1, -0.05) is 5.92 Å². The number of aromatic nitrogens is 2. The topological polar surface area (TPSA) is 134 Å². The number of nitrogens with two attached hydrogens (primary N) is 2. The molecule has 0 radical (unpaired) electrons. The number of rotatable bonds is 2. The molecule has 1 aromatic rings. The van der Waals surface area contributed by atoms with E-state index >= 15 is 0 Å². The van der Waals surface area contributed by atoms with E-state index in [0.717, 1.165) is 0 Å². The van der Waals surface area contributed by atoms with Gasteiger partial charge in [0.1, 0.15) is 24.7 Å².